The number of aliphatic hydroxyl groups is 2. The largest absolute Gasteiger partial charge is 0.395 e. The second kappa shape index (κ2) is 10.4. The zero-order valence-electron chi connectivity index (χ0n) is 14.9. The van der Waals surface area contributed by atoms with Crippen LogP contribution in [-0.2, 0) is 0 Å². The van der Waals surface area contributed by atoms with E-state index in [9.17, 15) is 0 Å². The minimum absolute atomic E-state index is 0. The maximum atomic E-state index is 9.05. The van der Waals surface area contributed by atoms with Crippen molar-refractivity contribution in [2.75, 3.05) is 88.5 Å². The van der Waals surface area contributed by atoms with Crippen LogP contribution in [0.4, 0.5) is 11.8 Å². The van der Waals surface area contributed by atoms with Gasteiger partial charge in [-0.2, -0.15) is 4.98 Å². The van der Waals surface area contributed by atoms with Gasteiger partial charge in [0, 0.05) is 71.5 Å². The van der Waals surface area contributed by atoms with Crippen LogP contribution in [0.5, 0.6) is 0 Å². The molecule has 2 aliphatic heterocycles. The first-order valence-electron chi connectivity index (χ1n) is 8.90. The van der Waals surface area contributed by atoms with Crippen LogP contribution < -0.4 is 9.80 Å². The Bertz CT molecular complexity index is 507. The molecule has 0 aromatic carbocycles. The van der Waals surface area contributed by atoms with Gasteiger partial charge >= 0.3 is 0 Å². The average Bonchev–Trinajstić information content (AvgIpc) is 2.63. The first-order chi connectivity index (χ1) is 12.2. The fourth-order valence-corrected chi connectivity index (χ4v) is 3.53. The van der Waals surface area contributed by atoms with Crippen molar-refractivity contribution in [1.82, 2.24) is 19.8 Å². The molecule has 0 saturated carbocycles. The average molecular weight is 407 g/mol. The summed E-state index contributed by atoms with van der Waals surface area (Å²) < 4.78 is 0. The Morgan fingerprint density at radius 3 is 1.81 bits per heavy atom. The molecule has 3 heterocycles. The highest BCUT2D eigenvalue weighted by molar-refractivity contribution is 6.29. The van der Waals surface area contributed by atoms with Crippen molar-refractivity contribution >= 4 is 35.8 Å². The van der Waals surface area contributed by atoms with Crippen LogP contribution in [0.2, 0.25) is 5.15 Å². The summed E-state index contributed by atoms with van der Waals surface area (Å²) in [5, 5.41) is 18.6. The summed E-state index contributed by atoms with van der Waals surface area (Å²) in [5.41, 5.74) is 0. The Morgan fingerprint density at radius 2 is 1.31 bits per heavy atom. The lowest BCUT2D eigenvalue weighted by molar-refractivity contribution is 0.188. The molecule has 0 amide bonds. The lowest BCUT2D eigenvalue weighted by atomic mass is 10.3. The molecule has 2 saturated heterocycles. The number of aromatic nitrogens is 2. The molecule has 0 aliphatic carbocycles. The van der Waals surface area contributed by atoms with E-state index >= 15 is 0 Å². The molecular formula is C16H28Cl2N6O2. The summed E-state index contributed by atoms with van der Waals surface area (Å²) in [7, 11) is 0. The Kier molecular flexibility index (Phi) is 8.59. The van der Waals surface area contributed by atoms with Crippen molar-refractivity contribution in [3.63, 3.8) is 0 Å². The molecule has 3 rings (SSSR count). The molecular weight excluding hydrogens is 379 g/mol. The number of hydrogen-bond acceptors (Lipinski definition) is 8. The molecule has 8 nitrogen and oxygen atoms in total. The maximum absolute atomic E-state index is 9.05. The van der Waals surface area contributed by atoms with Crippen molar-refractivity contribution in [1.29, 1.82) is 0 Å². The van der Waals surface area contributed by atoms with Gasteiger partial charge in [-0.3, -0.25) is 9.80 Å². The third-order valence-corrected chi connectivity index (χ3v) is 5.05. The van der Waals surface area contributed by atoms with E-state index < -0.39 is 0 Å². The fourth-order valence-electron chi connectivity index (χ4n) is 3.35. The number of piperazine rings is 2. The van der Waals surface area contributed by atoms with E-state index in [1.807, 2.05) is 6.07 Å². The summed E-state index contributed by atoms with van der Waals surface area (Å²) >= 11 is 6.25. The molecule has 1 aromatic heterocycles. The van der Waals surface area contributed by atoms with Crippen molar-refractivity contribution < 1.29 is 10.2 Å². The number of anilines is 2. The predicted molar refractivity (Wildman–Crippen MR) is 106 cm³/mol. The SMILES string of the molecule is Cl.OCCN1CCN(c2cc(Cl)nc(N3CCN(CCO)CC3)n2)CC1. The summed E-state index contributed by atoms with van der Waals surface area (Å²) in [6.07, 6.45) is 0. The van der Waals surface area contributed by atoms with Crippen LogP contribution in [0.1, 0.15) is 0 Å². The summed E-state index contributed by atoms with van der Waals surface area (Å²) in [5.74, 6) is 1.56. The van der Waals surface area contributed by atoms with Crippen molar-refractivity contribution in [3.05, 3.63) is 11.2 Å². The van der Waals surface area contributed by atoms with Gasteiger partial charge in [-0.15, -0.1) is 12.4 Å². The number of hydrogen-bond donors (Lipinski definition) is 2. The van der Waals surface area contributed by atoms with Crippen molar-refractivity contribution in [2.24, 2.45) is 0 Å². The summed E-state index contributed by atoms with van der Waals surface area (Å²) in [6.45, 7) is 8.87. The third-order valence-electron chi connectivity index (χ3n) is 4.85. The zero-order valence-corrected chi connectivity index (χ0v) is 16.5. The third kappa shape index (κ3) is 5.55. The molecule has 1 aromatic rings. The number of β-amino-alcohol motifs (C(OH)–C–C–N with tert-alkyl or cyclic N) is 2. The smallest absolute Gasteiger partial charge is 0.228 e. The summed E-state index contributed by atoms with van der Waals surface area (Å²) in [4.78, 5) is 18.0. The highest BCUT2D eigenvalue weighted by Gasteiger charge is 2.22. The Hall–Kier alpha value is -0.900. The predicted octanol–water partition coefficient (Wildman–Crippen LogP) is -0.220. The second-order valence-electron chi connectivity index (χ2n) is 6.45. The van der Waals surface area contributed by atoms with Gasteiger partial charge in [0.1, 0.15) is 11.0 Å². The first kappa shape index (κ1) is 21.4. The number of rotatable bonds is 6. The lowest BCUT2D eigenvalue weighted by Crippen LogP contribution is -2.48. The van der Waals surface area contributed by atoms with Gasteiger partial charge in [0.25, 0.3) is 0 Å². The Balaban J connectivity index is 0.00000243. The minimum Gasteiger partial charge on any atom is -0.395 e. The van der Waals surface area contributed by atoms with Crippen LogP contribution in [0, 0.1) is 0 Å². The van der Waals surface area contributed by atoms with E-state index in [-0.39, 0.29) is 25.6 Å². The fraction of sp³-hybridized carbons (Fsp3) is 0.750. The number of halogens is 2. The van der Waals surface area contributed by atoms with Gasteiger partial charge in [-0.25, -0.2) is 4.98 Å². The molecule has 0 radical (unpaired) electrons. The highest BCUT2D eigenvalue weighted by atomic mass is 35.5. The molecule has 0 unspecified atom stereocenters. The minimum atomic E-state index is 0. The molecule has 148 valence electrons. The van der Waals surface area contributed by atoms with Crippen LogP contribution in [0.25, 0.3) is 0 Å². The lowest BCUT2D eigenvalue weighted by Gasteiger charge is -2.36. The van der Waals surface area contributed by atoms with E-state index in [0.29, 0.717) is 17.6 Å². The van der Waals surface area contributed by atoms with Gasteiger partial charge in [-0.1, -0.05) is 11.6 Å². The number of aliphatic hydroxyl groups excluding tert-OH is 2. The van der Waals surface area contributed by atoms with Crippen LogP contribution in [0.3, 0.4) is 0 Å². The van der Waals surface area contributed by atoms with Crippen LogP contribution in [0.15, 0.2) is 6.07 Å². The van der Waals surface area contributed by atoms with Gasteiger partial charge in [0.05, 0.1) is 13.2 Å². The monoisotopic (exact) mass is 406 g/mol. The molecule has 0 atom stereocenters. The quantitative estimate of drug-likeness (QED) is 0.627. The Morgan fingerprint density at radius 1 is 0.808 bits per heavy atom. The van der Waals surface area contributed by atoms with Crippen molar-refractivity contribution in [3.8, 4) is 0 Å². The van der Waals surface area contributed by atoms with Crippen LogP contribution >= 0.6 is 24.0 Å². The molecule has 26 heavy (non-hydrogen) atoms. The topological polar surface area (TPSA) is 79.2 Å². The van der Waals surface area contributed by atoms with Gasteiger partial charge in [0.2, 0.25) is 5.95 Å². The molecule has 2 aliphatic rings. The maximum Gasteiger partial charge on any atom is 0.228 e. The molecule has 2 fully saturated rings. The normalized spacial score (nSPS) is 19.5. The molecule has 2 N–H and O–H groups in total. The van der Waals surface area contributed by atoms with Crippen molar-refractivity contribution in [2.45, 2.75) is 0 Å². The van der Waals surface area contributed by atoms with E-state index in [0.717, 1.165) is 64.7 Å². The van der Waals surface area contributed by atoms with E-state index in [2.05, 4.69) is 24.6 Å². The summed E-state index contributed by atoms with van der Waals surface area (Å²) in [6, 6.07) is 1.83. The molecule has 0 bridgehead atoms. The van der Waals surface area contributed by atoms with E-state index in [4.69, 9.17) is 26.8 Å². The first-order valence-corrected chi connectivity index (χ1v) is 9.28. The van der Waals surface area contributed by atoms with Crippen LogP contribution in [-0.4, -0.2) is 109 Å². The highest BCUT2D eigenvalue weighted by Crippen LogP contribution is 2.22. The molecule has 10 heteroatoms. The van der Waals surface area contributed by atoms with Gasteiger partial charge in [0.15, 0.2) is 0 Å². The second-order valence-corrected chi connectivity index (χ2v) is 6.84. The Labute approximate surface area is 165 Å². The van der Waals surface area contributed by atoms with E-state index in [1.54, 1.807) is 0 Å². The van der Waals surface area contributed by atoms with E-state index in [1.165, 1.54) is 0 Å². The number of nitrogens with zero attached hydrogens (tertiary/aromatic N) is 6. The standard InChI is InChI=1S/C16H27ClN6O2.ClH/c17-14-13-15(22-5-1-20(2-6-22)9-11-24)19-16(18-14)23-7-3-21(4-8-23)10-12-25;/h13,24-25H,1-12H2;1H. The molecule has 0 spiro atoms. The zero-order chi connectivity index (χ0) is 17.6. The van der Waals surface area contributed by atoms with Gasteiger partial charge in [-0.05, 0) is 0 Å². The van der Waals surface area contributed by atoms with Gasteiger partial charge < -0.3 is 20.0 Å².